The average molecular weight is 520 g/mol. The van der Waals surface area contributed by atoms with E-state index in [-0.39, 0.29) is 67.5 Å². The van der Waals surface area contributed by atoms with Crippen molar-refractivity contribution in [3.8, 4) is 11.5 Å². The van der Waals surface area contributed by atoms with Gasteiger partial charge in [0.25, 0.3) is 0 Å². The number of aromatic hydroxyl groups is 1. The van der Waals surface area contributed by atoms with Gasteiger partial charge in [0.15, 0.2) is 5.75 Å². The van der Waals surface area contributed by atoms with Crippen LogP contribution in [0.1, 0.15) is 0 Å². The molecule has 0 spiro atoms. The average Bonchev–Trinajstić information content (AvgIpc) is 2.59. The molecule has 0 aliphatic carbocycles. The van der Waals surface area contributed by atoms with Crippen LogP contribution in [0.2, 0.25) is 40.2 Å². The van der Waals surface area contributed by atoms with E-state index in [9.17, 15) is 5.11 Å². The Kier molecular flexibility index (Phi) is 5.71. The maximum Gasteiger partial charge on any atom is 0.167 e. The first-order valence-corrected chi connectivity index (χ1v) is 9.43. The van der Waals surface area contributed by atoms with Gasteiger partial charge >= 0.3 is 0 Å². The Bertz CT molecular complexity index is 997. The molecule has 3 aromatic rings. The highest BCUT2D eigenvalue weighted by Gasteiger charge is 2.29. The highest BCUT2D eigenvalue weighted by atomic mass is 35.5. The van der Waals surface area contributed by atoms with Gasteiger partial charge in [-0.1, -0.05) is 92.8 Å². The van der Waals surface area contributed by atoms with Gasteiger partial charge in [0.2, 0.25) is 0 Å². The molecule has 0 aromatic heterocycles. The second-order valence-electron chi connectivity index (χ2n) is 4.77. The molecule has 0 aliphatic rings. The van der Waals surface area contributed by atoms with Gasteiger partial charge in [-0.25, -0.2) is 0 Å². The van der Waals surface area contributed by atoms with E-state index in [0.29, 0.717) is 0 Å². The summed E-state index contributed by atoms with van der Waals surface area (Å²) in [6, 6.07) is 0. The van der Waals surface area contributed by atoms with Gasteiger partial charge in [0, 0.05) is 10.8 Å². The standard InChI is InChI=1S/C14HCl9O2/c15-5-1-3(8(18)10(20)9(19)6(1)16)14(25-23)4-2(5)7(17)11(21)12(22)13(4)24/h24H. The zero-order valence-corrected chi connectivity index (χ0v) is 18.1. The molecule has 132 valence electrons. The number of hydrogen-bond donors (Lipinski definition) is 1. The van der Waals surface area contributed by atoms with Crippen molar-refractivity contribution in [1.82, 2.24) is 0 Å². The maximum atomic E-state index is 10.4. The van der Waals surface area contributed by atoms with E-state index in [1.807, 2.05) is 0 Å². The summed E-state index contributed by atoms with van der Waals surface area (Å²) in [4.78, 5) is 0. The number of fused-ring (bicyclic) bond motifs is 2. The highest BCUT2D eigenvalue weighted by molar-refractivity contribution is 6.60. The molecule has 11 heteroatoms. The summed E-state index contributed by atoms with van der Waals surface area (Å²) >= 11 is 55.1. The molecule has 0 fully saturated rings. The third-order valence-corrected chi connectivity index (χ3v) is 7.19. The van der Waals surface area contributed by atoms with E-state index in [1.54, 1.807) is 0 Å². The van der Waals surface area contributed by atoms with Gasteiger partial charge in [-0.3, -0.25) is 0 Å². The number of benzene rings is 3. The third-order valence-electron chi connectivity index (χ3n) is 3.54. The molecule has 0 bridgehead atoms. The largest absolute Gasteiger partial charge is 0.506 e. The van der Waals surface area contributed by atoms with Crippen LogP contribution >= 0.6 is 105 Å². The number of hydrogen-bond acceptors (Lipinski definition) is 2. The first kappa shape index (κ1) is 20.1. The molecular formula is C14HCl9O2. The molecule has 25 heavy (non-hydrogen) atoms. The molecule has 0 saturated carbocycles. The predicted octanol–water partition coefficient (Wildman–Crippen LogP) is 9.46. The van der Waals surface area contributed by atoms with E-state index in [4.69, 9.17) is 109 Å². The molecule has 0 atom stereocenters. The minimum Gasteiger partial charge on any atom is -0.506 e. The second kappa shape index (κ2) is 7.09. The van der Waals surface area contributed by atoms with Gasteiger partial charge in [0.1, 0.15) is 22.6 Å². The first-order chi connectivity index (χ1) is 11.6. The van der Waals surface area contributed by atoms with Gasteiger partial charge in [-0.15, -0.1) is 0 Å². The Labute approximate surface area is 186 Å². The molecule has 0 aliphatic heterocycles. The number of phenols is 1. The SMILES string of the molecule is Oc1c(Cl)c(Cl)c(Cl)c2c(Cl)c3c(Cl)c(Cl)c(Cl)c(Cl)c3c(OCl)c12. The number of halogens is 9. The van der Waals surface area contributed by atoms with Crippen LogP contribution in [-0.2, 0) is 0 Å². The molecule has 0 unspecified atom stereocenters. The molecule has 2 nitrogen and oxygen atoms in total. The van der Waals surface area contributed by atoms with Crippen molar-refractivity contribution >= 4 is 126 Å². The molecule has 0 radical (unpaired) electrons. The molecule has 3 aromatic carbocycles. The van der Waals surface area contributed by atoms with Crippen LogP contribution in [0.5, 0.6) is 11.5 Å². The molecule has 0 saturated heterocycles. The van der Waals surface area contributed by atoms with Crippen LogP contribution in [0.3, 0.4) is 0 Å². The lowest BCUT2D eigenvalue weighted by Crippen LogP contribution is -1.92. The summed E-state index contributed by atoms with van der Waals surface area (Å²) < 4.78 is 4.91. The predicted molar refractivity (Wildman–Crippen MR) is 110 cm³/mol. The maximum absolute atomic E-state index is 10.4. The van der Waals surface area contributed by atoms with Crippen molar-refractivity contribution in [2.75, 3.05) is 0 Å². The van der Waals surface area contributed by atoms with Crippen LogP contribution in [-0.4, -0.2) is 5.11 Å². The van der Waals surface area contributed by atoms with Crippen molar-refractivity contribution in [1.29, 1.82) is 0 Å². The summed E-state index contributed by atoms with van der Waals surface area (Å²) in [5.74, 6) is -0.566. The van der Waals surface area contributed by atoms with Gasteiger partial charge in [-0.2, -0.15) is 0 Å². The van der Waals surface area contributed by atoms with Crippen LogP contribution in [0.4, 0.5) is 0 Å². The highest BCUT2D eigenvalue weighted by Crippen LogP contribution is 2.57. The molecule has 0 amide bonds. The minimum atomic E-state index is -0.455. The smallest absolute Gasteiger partial charge is 0.167 e. The summed E-state index contributed by atoms with van der Waals surface area (Å²) in [5.41, 5.74) is 0. The van der Waals surface area contributed by atoms with Crippen molar-refractivity contribution in [2.24, 2.45) is 0 Å². The Morgan fingerprint density at radius 2 is 0.880 bits per heavy atom. The van der Waals surface area contributed by atoms with Gasteiger partial charge < -0.3 is 9.40 Å². The topological polar surface area (TPSA) is 29.5 Å². The van der Waals surface area contributed by atoms with E-state index in [2.05, 4.69) is 0 Å². The molecule has 3 rings (SSSR count). The summed E-state index contributed by atoms with van der Waals surface area (Å²) in [6.07, 6.45) is 0. The van der Waals surface area contributed by atoms with Crippen molar-refractivity contribution in [3.63, 3.8) is 0 Å². The minimum absolute atomic E-state index is 0.00503. The fourth-order valence-corrected chi connectivity index (χ4v) is 4.82. The van der Waals surface area contributed by atoms with Crippen molar-refractivity contribution < 1.29 is 9.40 Å². The molecular weight excluding hydrogens is 519 g/mol. The zero-order valence-electron chi connectivity index (χ0n) is 11.3. The quantitative estimate of drug-likeness (QED) is 0.197. The Morgan fingerprint density at radius 1 is 0.480 bits per heavy atom. The Balaban J connectivity index is 2.84. The summed E-state index contributed by atoms with van der Waals surface area (Å²) in [5, 5.41) is 10.4. The number of phenolic OH excluding ortho intramolecular Hbond substituents is 1. The fourth-order valence-electron chi connectivity index (χ4n) is 2.45. The fraction of sp³-hybridized carbons (Fsp3) is 0. The Hall–Kier alpha value is 0.390. The second-order valence-corrected chi connectivity index (χ2v) is 7.94. The summed E-state index contributed by atoms with van der Waals surface area (Å²) in [6.45, 7) is 0. The van der Waals surface area contributed by atoms with E-state index < -0.39 is 5.75 Å². The Morgan fingerprint density at radius 3 is 1.36 bits per heavy atom. The van der Waals surface area contributed by atoms with Crippen molar-refractivity contribution in [3.05, 3.63) is 40.2 Å². The van der Waals surface area contributed by atoms with E-state index >= 15 is 0 Å². The normalized spacial score (nSPS) is 11.6. The monoisotopic (exact) mass is 516 g/mol. The van der Waals surface area contributed by atoms with Crippen LogP contribution in [0.25, 0.3) is 21.5 Å². The lowest BCUT2D eigenvalue weighted by Gasteiger charge is -2.18. The summed E-state index contributed by atoms with van der Waals surface area (Å²) in [7, 11) is 0. The number of rotatable bonds is 1. The van der Waals surface area contributed by atoms with E-state index in [1.165, 1.54) is 0 Å². The van der Waals surface area contributed by atoms with Crippen LogP contribution in [0.15, 0.2) is 0 Å². The molecule has 0 heterocycles. The molecule has 1 N–H and O–H groups in total. The van der Waals surface area contributed by atoms with Gasteiger partial charge in [-0.05, 0) is 0 Å². The first-order valence-electron chi connectivity index (χ1n) is 6.09. The van der Waals surface area contributed by atoms with E-state index in [0.717, 1.165) is 0 Å². The third kappa shape index (κ3) is 2.77. The zero-order chi connectivity index (χ0) is 18.8. The van der Waals surface area contributed by atoms with Crippen LogP contribution < -0.4 is 4.29 Å². The van der Waals surface area contributed by atoms with Crippen LogP contribution in [0, 0.1) is 0 Å². The van der Waals surface area contributed by atoms with Gasteiger partial charge in [0.05, 0.1) is 45.9 Å². The van der Waals surface area contributed by atoms with Crippen molar-refractivity contribution in [2.45, 2.75) is 0 Å². The lowest BCUT2D eigenvalue weighted by molar-refractivity contribution is 0.480. The lowest BCUT2D eigenvalue weighted by atomic mass is 10.0.